The van der Waals surface area contributed by atoms with Crippen LogP contribution in [0.4, 0.5) is 10.1 Å². The second-order valence-electron chi connectivity index (χ2n) is 4.02. The van der Waals surface area contributed by atoms with E-state index >= 15 is 0 Å². The molecule has 0 heterocycles. The summed E-state index contributed by atoms with van der Waals surface area (Å²) in [5.74, 6) is -0.655. The third kappa shape index (κ3) is 5.00. The predicted octanol–water partition coefficient (Wildman–Crippen LogP) is 1.57. The number of likely N-dealkylation sites (N-methyl/N-ethyl adjacent to an activating group) is 2. The highest BCUT2D eigenvalue weighted by molar-refractivity contribution is 6.31. The van der Waals surface area contributed by atoms with Crippen LogP contribution in [-0.2, 0) is 4.79 Å². The molecule has 0 fully saturated rings. The van der Waals surface area contributed by atoms with E-state index in [0.29, 0.717) is 5.69 Å². The first-order valence-electron chi connectivity index (χ1n) is 5.61. The Hall–Kier alpha value is -1.17. The lowest BCUT2D eigenvalue weighted by Gasteiger charge is -2.15. The zero-order chi connectivity index (χ0) is 13.5. The van der Waals surface area contributed by atoms with Gasteiger partial charge in [-0.3, -0.25) is 9.69 Å². The fourth-order valence-corrected chi connectivity index (χ4v) is 1.58. The van der Waals surface area contributed by atoms with Gasteiger partial charge in [-0.1, -0.05) is 11.6 Å². The van der Waals surface area contributed by atoms with Gasteiger partial charge in [0.15, 0.2) is 0 Å². The van der Waals surface area contributed by atoms with Crippen LogP contribution >= 0.6 is 11.6 Å². The summed E-state index contributed by atoms with van der Waals surface area (Å²) < 4.78 is 12.9. The molecule has 18 heavy (non-hydrogen) atoms. The molecule has 4 nitrogen and oxygen atoms in total. The number of amides is 1. The Labute approximate surface area is 111 Å². The predicted molar refractivity (Wildman–Crippen MR) is 71.5 cm³/mol. The Morgan fingerprint density at radius 1 is 1.50 bits per heavy atom. The molecule has 0 aliphatic rings. The van der Waals surface area contributed by atoms with Crippen molar-refractivity contribution in [3.8, 4) is 0 Å². The number of carbonyl (C=O) groups is 1. The number of hydrogen-bond donors (Lipinski definition) is 2. The summed E-state index contributed by atoms with van der Waals surface area (Å²) in [6, 6.07) is 4.10. The first-order chi connectivity index (χ1) is 8.52. The molecule has 0 aromatic heterocycles. The molecule has 100 valence electrons. The van der Waals surface area contributed by atoms with E-state index in [1.54, 1.807) is 0 Å². The molecular formula is C12H17ClFN3O. The molecule has 1 amide bonds. The lowest BCUT2D eigenvalue weighted by Crippen LogP contribution is -2.34. The van der Waals surface area contributed by atoms with Crippen molar-refractivity contribution in [2.45, 2.75) is 0 Å². The van der Waals surface area contributed by atoms with Crippen molar-refractivity contribution < 1.29 is 9.18 Å². The van der Waals surface area contributed by atoms with Gasteiger partial charge in [0, 0.05) is 18.8 Å². The summed E-state index contributed by atoms with van der Waals surface area (Å²) in [5.41, 5.74) is 0.494. The molecule has 0 bridgehead atoms. The van der Waals surface area contributed by atoms with Gasteiger partial charge < -0.3 is 10.6 Å². The summed E-state index contributed by atoms with van der Waals surface area (Å²) in [7, 11) is 3.71. The lowest BCUT2D eigenvalue weighted by molar-refractivity contribution is -0.117. The minimum absolute atomic E-state index is 0.00339. The van der Waals surface area contributed by atoms with Gasteiger partial charge in [0.1, 0.15) is 5.82 Å². The first-order valence-corrected chi connectivity index (χ1v) is 5.98. The Kier molecular flexibility index (Phi) is 6.04. The summed E-state index contributed by atoms with van der Waals surface area (Å²) in [6.07, 6.45) is 0. The van der Waals surface area contributed by atoms with Gasteiger partial charge in [0.2, 0.25) is 5.91 Å². The normalized spacial score (nSPS) is 10.7. The van der Waals surface area contributed by atoms with Gasteiger partial charge in [-0.05, 0) is 32.3 Å². The second-order valence-corrected chi connectivity index (χ2v) is 4.43. The van der Waals surface area contributed by atoms with E-state index in [4.69, 9.17) is 11.6 Å². The summed E-state index contributed by atoms with van der Waals surface area (Å²) >= 11 is 5.63. The smallest absolute Gasteiger partial charge is 0.238 e. The monoisotopic (exact) mass is 273 g/mol. The molecule has 1 aromatic rings. The van der Waals surface area contributed by atoms with Gasteiger partial charge in [0.05, 0.1) is 11.6 Å². The van der Waals surface area contributed by atoms with Crippen LogP contribution < -0.4 is 10.6 Å². The number of carbonyl (C=O) groups excluding carboxylic acids is 1. The van der Waals surface area contributed by atoms with Gasteiger partial charge in [-0.2, -0.15) is 0 Å². The minimum Gasteiger partial charge on any atom is -0.325 e. The van der Waals surface area contributed by atoms with E-state index < -0.39 is 5.82 Å². The average Bonchev–Trinajstić information content (AvgIpc) is 2.31. The molecule has 1 rings (SSSR count). The van der Waals surface area contributed by atoms with Crippen molar-refractivity contribution in [1.82, 2.24) is 10.2 Å². The Balaban J connectivity index is 2.46. The fraction of sp³-hybridized carbons (Fsp3) is 0.417. The van der Waals surface area contributed by atoms with E-state index in [1.165, 1.54) is 18.2 Å². The fourth-order valence-electron chi connectivity index (χ4n) is 1.40. The largest absolute Gasteiger partial charge is 0.325 e. The molecule has 2 N–H and O–H groups in total. The van der Waals surface area contributed by atoms with Crippen molar-refractivity contribution in [3.05, 3.63) is 29.0 Å². The summed E-state index contributed by atoms with van der Waals surface area (Å²) in [5, 5.41) is 5.66. The van der Waals surface area contributed by atoms with E-state index in [1.807, 2.05) is 19.0 Å². The Morgan fingerprint density at radius 3 is 2.83 bits per heavy atom. The van der Waals surface area contributed by atoms with E-state index in [0.717, 1.165) is 13.1 Å². The standard InChI is InChI=1S/C12H17ClFN3O/c1-15-5-6-17(2)8-12(18)16-9-3-4-11(14)10(13)7-9/h3-4,7,15H,5-6,8H2,1-2H3,(H,16,18). The maximum atomic E-state index is 12.9. The molecule has 0 atom stereocenters. The van der Waals surface area contributed by atoms with Crippen LogP contribution in [0.3, 0.4) is 0 Å². The third-order valence-electron chi connectivity index (χ3n) is 2.36. The van der Waals surface area contributed by atoms with E-state index in [9.17, 15) is 9.18 Å². The molecule has 0 aliphatic heterocycles. The van der Waals surface area contributed by atoms with Crippen molar-refractivity contribution in [3.63, 3.8) is 0 Å². The summed E-state index contributed by atoms with van der Waals surface area (Å²) in [4.78, 5) is 13.6. The highest BCUT2D eigenvalue weighted by Gasteiger charge is 2.07. The quantitative estimate of drug-likeness (QED) is 0.827. The summed E-state index contributed by atoms with van der Waals surface area (Å²) in [6.45, 7) is 1.86. The van der Waals surface area contributed by atoms with Gasteiger partial charge >= 0.3 is 0 Å². The topological polar surface area (TPSA) is 44.4 Å². The Morgan fingerprint density at radius 2 is 2.22 bits per heavy atom. The van der Waals surface area contributed by atoms with Crippen molar-refractivity contribution in [2.75, 3.05) is 39.0 Å². The molecular weight excluding hydrogens is 257 g/mol. The van der Waals surface area contributed by atoms with Crippen LogP contribution in [0.15, 0.2) is 18.2 Å². The van der Waals surface area contributed by atoms with Crippen LogP contribution in [0.25, 0.3) is 0 Å². The van der Waals surface area contributed by atoms with Crippen LogP contribution in [0.1, 0.15) is 0 Å². The maximum Gasteiger partial charge on any atom is 0.238 e. The number of halogens is 2. The zero-order valence-corrected chi connectivity index (χ0v) is 11.2. The number of hydrogen-bond acceptors (Lipinski definition) is 3. The number of nitrogens with one attached hydrogen (secondary N) is 2. The van der Waals surface area contributed by atoms with Crippen LogP contribution in [0.5, 0.6) is 0 Å². The third-order valence-corrected chi connectivity index (χ3v) is 2.65. The highest BCUT2D eigenvalue weighted by Crippen LogP contribution is 2.19. The van der Waals surface area contributed by atoms with Crippen LogP contribution in [-0.4, -0.2) is 44.5 Å². The molecule has 0 spiro atoms. The molecule has 0 saturated carbocycles. The van der Waals surface area contributed by atoms with Gasteiger partial charge in [-0.15, -0.1) is 0 Å². The molecule has 0 aliphatic carbocycles. The van der Waals surface area contributed by atoms with Crippen LogP contribution in [0.2, 0.25) is 5.02 Å². The zero-order valence-electron chi connectivity index (χ0n) is 10.5. The van der Waals surface area contributed by atoms with Crippen molar-refractivity contribution >= 4 is 23.2 Å². The van der Waals surface area contributed by atoms with Crippen molar-refractivity contribution in [1.29, 1.82) is 0 Å². The van der Waals surface area contributed by atoms with Gasteiger partial charge in [-0.25, -0.2) is 4.39 Å². The second kappa shape index (κ2) is 7.31. The molecule has 6 heteroatoms. The average molecular weight is 274 g/mol. The number of nitrogens with zero attached hydrogens (tertiary/aromatic N) is 1. The van der Waals surface area contributed by atoms with Crippen molar-refractivity contribution in [2.24, 2.45) is 0 Å². The minimum atomic E-state index is -0.499. The molecule has 0 radical (unpaired) electrons. The number of rotatable bonds is 6. The molecule has 0 unspecified atom stereocenters. The molecule has 1 aromatic carbocycles. The SMILES string of the molecule is CNCCN(C)CC(=O)Nc1ccc(F)c(Cl)c1. The first kappa shape index (κ1) is 14.9. The van der Waals surface area contributed by atoms with E-state index in [-0.39, 0.29) is 17.5 Å². The van der Waals surface area contributed by atoms with E-state index in [2.05, 4.69) is 10.6 Å². The number of benzene rings is 1. The maximum absolute atomic E-state index is 12.9. The van der Waals surface area contributed by atoms with Gasteiger partial charge in [0.25, 0.3) is 0 Å². The lowest BCUT2D eigenvalue weighted by atomic mass is 10.3. The Bertz CT molecular complexity index is 414. The molecule has 0 saturated heterocycles. The number of anilines is 1. The van der Waals surface area contributed by atoms with Crippen LogP contribution in [0, 0.1) is 5.82 Å². The highest BCUT2D eigenvalue weighted by atomic mass is 35.5.